The summed E-state index contributed by atoms with van der Waals surface area (Å²) in [4.78, 5) is 16.7. The second kappa shape index (κ2) is 8.02. The number of amides is 1. The van der Waals surface area contributed by atoms with E-state index in [1.165, 1.54) is 30.0 Å². The Balaban J connectivity index is 1.69. The molecule has 1 aliphatic carbocycles. The van der Waals surface area contributed by atoms with Crippen molar-refractivity contribution in [3.05, 3.63) is 59.7 Å². The number of anilines is 1. The number of benzene rings is 2. The van der Waals surface area contributed by atoms with Crippen LogP contribution in [-0.4, -0.2) is 38.5 Å². The lowest BCUT2D eigenvalue weighted by Crippen LogP contribution is -2.42. The zero-order chi connectivity index (χ0) is 25.1. The number of ether oxygens (including phenoxy) is 1. The Morgan fingerprint density at radius 2 is 1.91 bits per heavy atom. The molecular formula is C25H23F2N5O3. The molecule has 2 aromatic carbocycles. The average Bonchev–Trinajstić information content (AvgIpc) is 3.14. The molecule has 4 aromatic rings. The number of hydrogen-bond donors (Lipinski definition) is 3. The number of primary amides is 1. The van der Waals surface area contributed by atoms with Crippen molar-refractivity contribution in [1.82, 2.24) is 14.8 Å². The van der Waals surface area contributed by atoms with Crippen LogP contribution in [0.1, 0.15) is 36.2 Å². The van der Waals surface area contributed by atoms with E-state index in [0.29, 0.717) is 29.3 Å². The number of aromatic nitrogens is 3. The molecule has 35 heavy (non-hydrogen) atoms. The van der Waals surface area contributed by atoms with Gasteiger partial charge in [0.25, 0.3) is 5.91 Å². The Morgan fingerprint density at radius 3 is 2.54 bits per heavy atom. The van der Waals surface area contributed by atoms with Crippen molar-refractivity contribution in [2.24, 2.45) is 5.73 Å². The molecule has 0 atom stereocenters. The van der Waals surface area contributed by atoms with E-state index in [2.05, 4.69) is 10.1 Å². The molecule has 1 amide bonds. The first kappa shape index (κ1) is 22.7. The Morgan fingerprint density at radius 1 is 1.20 bits per heavy atom. The minimum Gasteiger partial charge on any atom is -0.493 e. The molecule has 0 bridgehead atoms. The number of carbonyl (C=O) groups is 1. The van der Waals surface area contributed by atoms with Crippen molar-refractivity contribution in [2.75, 3.05) is 12.8 Å². The number of nitrogens with two attached hydrogens (primary N) is 2. The minimum absolute atomic E-state index is 0.0148. The highest BCUT2D eigenvalue weighted by Gasteiger charge is 2.41. The standard InChI is InChI=1S/C25H23F2N5O3/c1-25(34)10-13(11-25)32-23(28)18(24(29)33)20(31-32)12-7-8-15-17(9-12)30-21(19(27)22(15)35-2)14-5-3-4-6-16(14)26/h3-9,13,34H,10-11,28H2,1-2H3,(H2,29,33)/t13-,25+. The molecule has 1 aliphatic rings. The van der Waals surface area contributed by atoms with Gasteiger partial charge in [0.15, 0.2) is 11.6 Å². The number of pyridine rings is 1. The van der Waals surface area contributed by atoms with Crippen LogP contribution in [0, 0.1) is 11.6 Å². The van der Waals surface area contributed by atoms with Crippen LogP contribution in [0.2, 0.25) is 0 Å². The number of aliphatic hydroxyl groups is 1. The quantitative estimate of drug-likeness (QED) is 0.399. The van der Waals surface area contributed by atoms with Crippen molar-refractivity contribution in [3.63, 3.8) is 0 Å². The van der Waals surface area contributed by atoms with Crippen LogP contribution >= 0.6 is 0 Å². The summed E-state index contributed by atoms with van der Waals surface area (Å²) in [5.41, 5.74) is 11.8. The van der Waals surface area contributed by atoms with Crippen molar-refractivity contribution in [2.45, 2.75) is 31.4 Å². The first-order chi connectivity index (χ1) is 16.6. The molecule has 1 fully saturated rings. The zero-order valence-electron chi connectivity index (χ0n) is 19.0. The fraction of sp³-hybridized carbons (Fsp3) is 0.240. The van der Waals surface area contributed by atoms with Gasteiger partial charge in [-0.1, -0.05) is 18.2 Å². The van der Waals surface area contributed by atoms with Crippen molar-refractivity contribution >= 4 is 22.6 Å². The first-order valence-electron chi connectivity index (χ1n) is 10.9. The lowest BCUT2D eigenvalue weighted by Gasteiger charge is -2.41. The molecule has 180 valence electrons. The summed E-state index contributed by atoms with van der Waals surface area (Å²) in [5, 5.41) is 15.0. The maximum absolute atomic E-state index is 15.2. The summed E-state index contributed by atoms with van der Waals surface area (Å²) in [6.07, 6.45) is 0.858. The number of methoxy groups -OCH3 is 1. The van der Waals surface area contributed by atoms with Crippen LogP contribution in [0.15, 0.2) is 42.5 Å². The van der Waals surface area contributed by atoms with Crippen molar-refractivity contribution in [3.8, 4) is 28.3 Å². The topological polar surface area (TPSA) is 129 Å². The normalized spacial score (nSPS) is 19.5. The first-order valence-corrected chi connectivity index (χ1v) is 10.9. The third-order valence-corrected chi connectivity index (χ3v) is 6.38. The number of nitrogens with zero attached hydrogens (tertiary/aromatic N) is 3. The molecule has 0 radical (unpaired) electrons. The van der Waals surface area contributed by atoms with E-state index >= 15 is 4.39 Å². The molecule has 1 saturated carbocycles. The van der Waals surface area contributed by atoms with Crippen LogP contribution in [0.4, 0.5) is 14.6 Å². The molecule has 0 spiro atoms. The summed E-state index contributed by atoms with van der Waals surface area (Å²) >= 11 is 0. The minimum atomic E-state index is -0.827. The van der Waals surface area contributed by atoms with Crippen molar-refractivity contribution < 1.29 is 23.4 Å². The lowest BCUT2D eigenvalue weighted by molar-refractivity contribution is -0.0535. The highest BCUT2D eigenvalue weighted by molar-refractivity contribution is 6.04. The number of halogens is 2. The second-order valence-electron chi connectivity index (χ2n) is 9.00. The molecular weight excluding hydrogens is 456 g/mol. The van der Waals surface area contributed by atoms with Crippen LogP contribution in [-0.2, 0) is 0 Å². The number of nitrogen functional groups attached to an aromatic ring is 1. The van der Waals surface area contributed by atoms with Gasteiger partial charge in [0.2, 0.25) is 0 Å². The van der Waals surface area contributed by atoms with Gasteiger partial charge in [-0.2, -0.15) is 5.10 Å². The van der Waals surface area contributed by atoms with Crippen LogP contribution < -0.4 is 16.2 Å². The van der Waals surface area contributed by atoms with E-state index < -0.39 is 23.1 Å². The summed E-state index contributed by atoms with van der Waals surface area (Å²) < 4.78 is 36.5. The highest BCUT2D eigenvalue weighted by atomic mass is 19.1. The molecule has 0 unspecified atom stereocenters. The molecule has 0 saturated heterocycles. The smallest absolute Gasteiger partial charge is 0.254 e. The van der Waals surface area contributed by atoms with E-state index in [4.69, 9.17) is 16.2 Å². The second-order valence-corrected chi connectivity index (χ2v) is 9.00. The molecule has 2 heterocycles. The van der Waals surface area contributed by atoms with Gasteiger partial charge in [0, 0.05) is 16.5 Å². The summed E-state index contributed by atoms with van der Waals surface area (Å²) in [7, 11) is 1.32. The molecule has 10 heteroatoms. The number of rotatable bonds is 5. The van der Waals surface area contributed by atoms with Gasteiger partial charge in [0.1, 0.15) is 28.6 Å². The lowest BCUT2D eigenvalue weighted by atomic mass is 9.77. The number of hydrogen-bond acceptors (Lipinski definition) is 6. The predicted octanol–water partition coefficient (Wildman–Crippen LogP) is 3.82. The third-order valence-electron chi connectivity index (χ3n) is 6.38. The van der Waals surface area contributed by atoms with E-state index in [9.17, 15) is 14.3 Å². The summed E-state index contributed by atoms with van der Waals surface area (Å²) in [6, 6.07) is 10.4. The van der Waals surface area contributed by atoms with Gasteiger partial charge >= 0.3 is 0 Å². The zero-order valence-corrected chi connectivity index (χ0v) is 19.0. The van der Waals surface area contributed by atoms with Gasteiger partial charge in [-0.15, -0.1) is 0 Å². The maximum atomic E-state index is 15.2. The van der Waals surface area contributed by atoms with E-state index in [1.807, 2.05) is 0 Å². The monoisotopic (exact) mass is 479 g/mol. The Hall–Kier alpha value is -4.05. The average molecular weight is 479 g/mol. The molecule has 2 aromatic heterocycles. The summed E-state index contributed by atoms with van der Waals surface area (Å²) in [6.45, 7) is 1.72. The van der Waals surface area contributed by atoms with Gasteiger partial charge in [0.05, 0.1) is 24.3 Å². The Bertz CT molecular complexity index is 1490. The third kappa shape index (κ3) is 3.66. The van der Waals surface area contributed by atoms with Gasteiger partial charge in [-0.05, 0) is 44.0 Å². The van der Waals surface area contributed by atoms with Crippen LogP contribution in [0.25, 0.3) is 33.4 Å². The Labute approximate surface area is 199 Å². The van der Waals surface area contributed by atoms with Gasteiger partial charge in [-0.25, -0.2) is 18.4 Å². The fourth-order valence-electron chi connectivity index (χ4n) is 4.69. The SMILES string of the molecule is COc1c(F)c(-c2ccccc2F)nc2cc(-c3nn([C@H]4C[C@@](C)(O)C4)c(N)c3C(N)=O)ccc12. The van der Waals surface area contributed by atoms with Crippen LogP contribution in [0.3, 0.4) is 0 Å². The Kier molecular flexibility index (Phi) is 5.21. The van der Waals surface area contributed by atoms with Gasteiger partial charge < -0.3 is 21.3 Å². The van der Waals surface area contributed by atoms with E-state index in [0.717, 1.165) is 0 Å². The largest absolute Gasteiger partial charge is 0.493 e. The van der Waals surface area contributed by atoms with Crippen molar-refractivity contribution in [1.29, 1.82) is 0 Å². The molecule has 0 aliphatic heterocycles. The fourth-order valence-corrected chi connectivity index (χ4v) is 4.69. The molecule has 5 rings (SSSR count). The van der Waals surface area contributed by atoms with Gasteiger partial charge in [-0.3, -0.25) is 4.79 Å². The molecule has 8 nitrogen and oxygen atoms in total. The summed E-state index contributed by atoms with van der Waals surface area (Å²) in [5.74, 6) is -2.16. The van der Waals surface area contributed by atoms with E-state index in [1.54, 1.807) is 31.2 Å². The maximum Gasteiger partial charge on any atom is 0.254 e. The number of fused-ring (bicyclic) bond motifs is 1. The predicted molar refractivity (Wildman–Crippen MR) is 127 cm³/mol. The highest BCUT2D eigenvalue weighted by Crippen LogP contribution is 2.44. The van der Waals surface area contributed by atoms with Crippen LogP contribution in [0.5, 0.6) is 5.75 Å². The number of carbonyl (C=O) groups excluding carboxylic acids is 1. The van der Waals surface area contributed by atoms with E-state index in [-0.39, 0.29) is 40.1 Å². The molecule has 5 N–H and O–H groups in total.